The number of piperazine rings is 1. The fourth-order valence-corrected chi connectivity index (χ4v) is 4.79. The highest BCUT2D eigenvalue weighted by atomic mass is 35.5. The second-order valence-electron chi connectivity index (χ2n) is 8.99. The summed E-state index contributed by atoms with van der Waals surface area (Å²) < 4.78 is 4.68. The number of carbonyl (C=O) groups is 4. The lowest BCUT2D eigenvalue weighted by Gasteiger charge is -2.36. The first-order valence-corrected chi connectivity index (χ1v) is 12.7. The van der Waals surface area contributed by atoms with Gasteiger partial charge in [-0.2, -0.15) is 0 Å². The van der Waals surface area contributed by atoms with Crippen LogP contribution < -0.4 is 15.1 Å². The van der Waals surface area contributed by atoms with Gasteiger partial charge in [-0.05, 0) is 54.6 Å². The van der Waals surface area contributed by atoms with Crippen LogP contribution in [0.5, 0.6) is 0 Å². The van der Waals surface area contributed by atoms with Gasteiger partial charge in [0.25, 0.3) is 17.7 Å². The van der Waals surface area contributed by atoms with E-state index >= 15 is 0 Å². The molecule has 0 unspecified atom stereocenters. The number of hydrogen-bond acceptors (Lipinski definition) is 7. The van der Waals surface area contributed by atoms with E-state index in [0.717, 1.165) is 23.7 Å². The minimum atomic E-state index is -0.696. The number of nitrogens with zero attached hydrogens (tertiary/aromatic N) is 3. The third-order valence-electron chi connectivity index (χ3n) is 6.64. The van der Waals surface area contributed by atoms with Crippen molar-refractivity contribution >= 4 is 52.4 Å². The average molecular weight is 545 g/mol. The zero-order valence-corrected chi connectivity index (χ0v) is 21.9. The Morgan fingerprint density at radius 3 is 2.15 bits per heavy atom. The first-order chi connectivity index (χ1) is 18.9. The molecule has 1 saturated heterocycles. The predicted molar refractivity (Wildman–Crippen MR) is 148 cm³/mol. The highest BCUT2D eigenvalue weighted by Crippen LogP contribution is 2.30. The molecule has 2 aliphatic rings. The van der Waals surface area contributed by atoms with Crippen LogP contribution in [0.4, 0.5) is 17.1 Å². The van der Waals surface area contributed by atoms with Crippen LogP contribution in [0.3, 0.4) is 0 Å². The van der Waals surface area contributed by atoms with Crippen LogP contribution in [0.25, 0.3) is 0 Å². The number of hydrogen-bond donors (Lipinski definition) is 1. The third-order valence-corrected chi connectivity index (χ3v) is 6.99. The van der Waals surface area contributed by atoms with Crippen LogP contribution >= 0.6 is 11.6 Å². The van der Waals surface area contributed by atoms with Crippen molar-refractivity contribution in [3.8, 4) is 0 Å². The van der Waals surface area contributed by atoms with E-state index in [9.17, 15) is 19.2 Å². The molecule has 0 radical (unpaired) electrons. The zero-order chi connectivity index (χ0) is 27.5. The summed E-state index contributed by atoms with van der Waals surface area (Å²) in [5.41, 5.74) is 2.47. The minimum Gasteiger partial charge on any atom is -0.465 e. The number of rotatable bonds is 6. The third kappa shape index (κ3) is 5.21. The van der Waals surface area contributed by atoms with Crippen molar-refractivity contribution < 1.29 is 23.9 Å². The Bertz CT molecular complexity index is 1460. The van der Waals surface area contributed by atoms with Gasteiger partial charge in [0.2, 0.25) is 0 Å². The van der Waals surface area contributed by atoms with Gasteiger partial charge in [-0.25, -0.2) is 9.69 Å². The SMILES string of the molecule is COC(=O)c1ccc(N2C(=O)C(Cl)=C(Nc3cccc(C(=O)N4CCN(c5ccccc5)CC4)c3)C2=O)cc1. The van der Waals surface area contributed by atoms with Gasteiger partial charge in [0.15, 0.2) is 0 Å². The van der Waals surface area contributed by atoms with Crippen LogP contribution in [0.15, 0.2) is 89.6 Å². The summed E-state index contributed by atoms with van der Waals surface area (Å²) in [7, 11) is 1.26. The molecule has 0 saturated carbocycles. The number of anilines is 3. The van der Waals surface area contributed by atoms with Crippen LogP contribution in [0.1, 0.15) is 20.7 Å². The first kappa shape index (κ1) is 26.0. The monoisotopic (exact) mass is 544 g/mol. The van der Waals surface area contributed by atoms with E-state index < -0.39 is 17.8 Å². The van der Waals surface area contributed by atoms with Crippen LogP contribution in [-0.4, -0.2) is 61.9 Å². The summed E-state index contributed by atoms with van der Waals surface area (Å²) in [4.78, 5) is 55.9. The molecule has 0 aromatic heterocycles. The Balaban J connectivity index is 1.27. The van der Waals surface area contributed by atoms with Gasteiger partial charge < -0.3 is 19.9 Å². The molecule has 2 aliphatic heterocycles. The first-order valence-electron chi connectivity index (χ1n) is 12.3. The summed E-state index contributed by atoms with van der Waals surface area (Å²) in [5.74, 6) is -2.00. The van der Waals surface area contributed by atoms with Gasteiger partial charge in [0.1, 0.15) is 10.7 Å². The van der Waals surface area contributed by atoms with Crippen LogP contribution in [0.2, 0.25) is 0 Å². The van der Waals surface area contributed by atoms with Gasteiger partial charge in [-0.15, -0.1) is 0 Å². The van der Waals surface area contributed by atoms with E-state index in [1.54, 1.807) is 29.2 Å². The van der Waals surface area contributed by atoms with E-state index in [1.165, 1.54) is 31.4 Å². The van der Waals surface area contributed by atoms with E-state index in [4.69, 9.17) is 11.6 Å². The highest BCUT2D eigenvalue weighted by molar-refractivity contribution is 6.53. The Morgan fingerprint density at radius 2 is 1.49 bits per heavy atom. The molecule has 3 aromatic rings. The number of methoxy groups -OCH3 is 1. The number of esters is 1. The number of imide groups is 1. The van der Waals surface area contributed by atoms with Crippen molar-refractivity contribution in [2.75, 3.05) is 48.4 Å². The van der Waals surface area contributed by atoms with Gasteiger partial charge >= 0.3 is 5.97 Å². The fourth-order valence-electron chi connectivity index (χ4n) is 4.57. The number of benzene rings is 3. The number of halogens is 1. The zero-order valence-electron chi connectivity index (χ0n) is 21.1. The van der Waals surface area contributed by atoms with Gasteiger partial charge in [-0.3, -0.25) is 14.4 Å². The number of carbonyl (C=O) groups excluding carboxylic acids is 4. The summed E-state index contributed by atoms with van der Waals surface area (Å²) in [6.45, 7) is 2.62. The molecule has 10 heteroatoms. The second kappa shape index (κ2) is 11.0. The normalized spacial score (nSPS) is 15.6. The van der Waals surface area contributed by atoms with Crippen molar-refractivity contribution in [1.29, 1.82) is 0 Å². The molecule has 0 bridgehead atoms. The molecule has 1 fully saturated rings. The van der Waals surface area contributed by atoms with E-state index in [1.807, 2.05) is 18.2 Å². The van der Waals surface area contributed by atoms with Crippen molar-refractivity contribution in [2.24, 2.45) is 0 Å². The van der Waals surface area contributed by atoms with Crippen molar-refractivity contribution in [3.05, 3.63) is 101 Å². The predicted octanol–water partition coefficient (Wildman–Crippen LogP) is 3.87. The Morgan fingerprint density at radius 1 is 0.795 bits per heavy atom. The summed E-state index contributed by atoms with van der Waals surface area (Å²) in [6, 6.07) is 22.7. The molecule has 9 nitrogen and oxygen atoms in total. The van der Waals surface area contributed by atoms with Crippen LogP contribution in [0, 0.1) is 0 Å². The maximum absolute atomic E-state index is 13.2. The largest absolute Gasteiger partial charge is 0.465 e. The molecule has 198 valence electrons. The molecule has 2 heterocycles. The number of para-hydroxylation sites is 1. The quantitative estimate of drug-likeness (QED) is 0.371. The summed E-state index contributed by atoms with van der Waals surface area (Å²) in [5, 5.41) is 2.65. The number of nitrogens with one attached hydrogen (secondary N) is 1. The maximum atomic E-state index is 13.2. The van der Waals surface area contributed by atoms with Gasteiger partial charge in [0.05, 0.1) is 18.4 Å². The standard InChI is InChI=1S/C29H25ClN4O5/c1-39-29(38)19-10-12-23(13-11-19)34-27(36)24(30)25(28(34)37)31-21-7-5-6-20(18-21)26(35)33-16-14-32(15-17-33)22-8-3-2-4-9-22/h2-13,18,31H,14-17H2,1H3. The molecule has 3 aromatic carbocycles. The Labute approximate surface area is 230 Å². The van der Waals surface area contributed by atoms with Crippen molar-refractivity contribution in [1.82, 2.24) is 4.90 Å². The lowest BCUT2D eigenvalue weighted by Crippen LogP contribution is -2.48. The fraction of sp³-hybridized carbons (Fsp3) is 0.172. The number of ether oxygens (including phenoxy) is 1. The molecular formula is C29H25ClN4O5. The molecule has 39 heavy (non-hydrogen) atoms. The van der Waals surface area contributed by atoms with E-state index in [0.29, 0.717) is 24.3 Å². The lowest BCUT2D eigenvalue weighted by atomic mass is 10.1. The van der Waals surface area contributed by atoms with Crippen LogP contribution in [-0.2, 0) is 14.3 Å². The number of amides is 3. The lowest BCUT2D eigenvalue weighted by molar-refractivity contribution is -0.120. The average Bonchev–Trinajstić information content (AvgIpc) is 3.20. The molecule has 5 rings (SSSR count). The maximum Gasteiger partial charge on any atom is 0.337 e. The molecular weight excluding hydrogens is 520 g/mol. The van der Waals surface area contributed by atoms with Gasteiger partial charge in [0, 0.05) is 43.1 Å². The molecule has 0 atom stereocenters. The van der Waals surface area contributed by atoms with Crippen molar-refractivity contribution in [2.45, 2.75) is 0 Å². The smallest absolute Gasteiger partial charge is 0.337 e. The molecule has 1 N–H and O–H groups in total. The summed E-state index contributed by atoms with van der Waals surface area (Å²) in [6.07, 6.45) is 0. The Kier molecular flexibility index (Phi) is 7.33. The molecule has 3 amide bonds. The van der Waals surface area contributed by atoms with E-state index in [-0.39, 0.29) is 27.9 Å². The second-order valence-corrected chi connectivity index (χ2v) is 9.37. The van der Waals surface area contributed by atoms with Crippen molar-refractivity contribution in [3.63, 3.8) is 0 Å². The Hall–Kier alpha value is -4.63. The summed E-state index contributed by atoms with van der Waals surface area (Å²) >= 11 is 6.26. The molecule has 0 spiro atoms. The minimum absolute atomic E-state index is 0.0974. The molecule has 0 aliphatic carbocycles. The van der Waals surface area contributed by atoms with Gasteiger partial charge in [-0.1, -0.05) is 35.9 Å². The topological polar surface area (TPSA) is 99.3 Å². The van der Waals surface area contributed by atoms with E-state index in [2.05, 4.69) is 27.1 Å². The highest BCUT2D eigenvalue weighted by Gasteiger charge is 2.39.